The molecule has 1 rings (SSSR count). The molecular weight excluding hydrogens is 196 g/mol. The first-order chi connectivity index (χ1) is 7.17. The van der Waals surface area contributed by atoms with Gasteiger partial charge in [-0.05, 0) is 17.7 Å². The average molecular weight is 210 g/mol. The lowest BCUT2D eigenvalue weighted by Gasteiger charge is -2.09. The van der Waals surface area contributed by atoms with E-state index in [0.717, 1.165) is 5.56 Å². The van der Waals surface area contributed by atoms with Crippen LogP contribution in [0, 0.1) is 0 Å². The Morgan fingerprint density at radius 2 is 2.13 bits per heavy atom. The molecule has 0 atom stereocenters. The van der Waals surface area contributed by atoms with Crippen LogP contribution in [0.25, 0.3) is 0 Å². The van der Waals surface area contributed by atoms with E-state index in [0.29, 0.717) is 11.5 Å². The third-order valence-corrected chi connectivity index (χ3v) is 1.85. The summed E-state index contributed by atoms with van der Waals surface area (Å²) in [7, 11) is 1.52. The number of hydrogen-bond acceptors (Lipinski definition) is 4. The van der Waals surface area contributed by atoms with Crippen LogP contribution < -0.4 is 20.9 Å². The molecule has 1 aromatic rings. The van der Waals surface area contributed by atoms with Crippen LogP contribution in [0.1, 0.15) is 5.56 Å². The molecule has 0 heterocycles. The highest BCUT2D eigenvalue weighted by Gasteiger charge is 2.06. The number of amides is 1. The zero-order valence-corrected chi connectivity index (χ0v) is 8.53. The number of primary amides is 1. The Morgan fingerprint density at radius 3 is 2.67 bits per heavy atom. The summed E-state index contributed by atoms with van der Waals surface area (Å²) in [4.78, 5) is 10.7. The lowest BCUT2D eigenvalue weighted by molar-refractivity contribution is -0.117. The molecule has 0 aliphatic carbocycles. The molecule has 0 saturated heterocycles. The number of benzene rings is 1. The van der Waals surface area contributed by atoms with E-state index in [1.807, 2.05) is 0 Å². The van der Waals surface area contributed by atoms with Gasteiger partial charge in [0, 0.05) is 0 Å². The second-order valence-electron chi connectivity index (χ2n) is 2.94. The molecular formula is C10H14N2O3. The van der Waals surface area contributed by atoms with E-state index in [2.05, 4.69) is 0 Å². The molecule has 82 valence electrons. The highest BCUT2D eigenvalue weighted by Crippen LogP contribution is 2.27. The third kappa shape index (κ3) is 3.14. The van der Waals surface area contributed by atoms with E-state index >= 15 is 0 Å². The first-order valence-corrected chi connectivity index (χ1v) is 4.45. The summed E-state index contributed by atoms with van der Waals surface area (Å²) in [6.07, 6.45) is 0.180. The van der Waals surface area contributed by atoms with Crippen molar-refractivity contribution in [2.75, 3.05) is 13.8 Å². The molecule has 0 bridgehead atoms. The van der Waals surface area contributed by atoms with E-state index in [1.165, 1.54) is 7.11 Å². The van der Waals surface area contributed by atoms with Gasteiger partial charge in [-0.2, -0.15) is 0 Å². The maximum absolute atomic E-state index is 10.7. The highest BCUT2D eigenvalue weighted by atomic mass is 16.5. The number of rotatable bonds is 5. The molecule has 5 heteroatoms. The molecule has 1 aromatic carbocycles. The van der Waals surface area contributed by atoms with Crippen LogP contribution in [0.4, 0.5) is 0 Å². The predicted molar refractivity (Wildman–Crippen MR) is 55.6 cm³/mol. The summed E-state index contributed by atoms with van der Waals surface area (Å²) in [6.45, 7) is 0.0749. The average Bonchev–Trinajstić information content (AvgIpc) is 2.20. The smallest absolute Gasteiger partial charge is 0.221 e. The number of nitrogens with two attached hydrogens (primary N) is 2. The first-order valence-electron chi connectivity index (χ1n) is 4.45. The Bertz CT molecular complexity index is 353. The zero-order valence-electron chi connectivity index (χ0n) is 8.53. The highest BCUT2D eigenvalue weighted by molar-refractivity contribution is 5.76. The molecule has 4 N–H and O–H groups in total. The molecule has 0 radical (unpaired) electrons. The minimum Gasteiger partial charge on any atom is -0.493 e. The van der Waals surface area contributed by atoms with Gasteiger partial charge in [0.25, 0.3) is 0 Å². The normalized spacial score (nSPS) is 9.73. The van der Waals surface area contributed by atoms with Gasteiger partial charge in [0.15, 0.2) is 11.5 Å². The summed E-state index contributed by atoms with van der Waals surface area (Å²) < 4.78 is 10.2. The summed E-state index contributed by atoms with van der Waals surface area (Å²) in [6, 6.07) is 5.15. The van der Waals surface area contributed by atoms with Crippen molar-refractivity contribution in [3.8, 4) is 11.5 Å². The lowest BCUT2D eigenvalue weighted by Crippen LogP contribution is -2.14. The second-order valence-corrected chi connectivity index (χ2v) is 2.94. The van der Waals surface area contributed by atoms with Crippen molar-refractivity contribution in [1.29, 1.82) is 0 Å². The Balaban J connectivity index is 2.91. The summed E-state index contributed by atoms with van der Waals surface area (Å²) in [5.41, 5.74) is 11.1. The van der Waals surface area contributed by atoms with Crippen molar-refractivity contribution < 1.29 is 14.3 Å². The molecule has 5 nitrogen and oxygen atoms in total. The van der Waals surface area contributed by atoms with Crippen molar-refractivity contribution in [2.24, 2.45) is 11.5 Å². The Hall–Kier alpha value is -1.75. The molecule has 0 spiro atoms. The monoisotopic (exact) mass is 210 g/mol. The molecule has 0 fully saturated rings. The largest absolute Gasteiger partial charge is 0.493 e. The molecule has 0 aliphatic rings. The minimum absolute atomic E-state index is 0.0749. The lowest BCUT2D eigenvalue weighted by atomic mass is 10.1. The van der Waals surface area contributed by atoms with Gasteiger partial charge in [-0.15, -0.1) is 0 Å². The SMILES string of the molecule is COc1cc(CC(N)=O)ccc1OCN. The molecule has 15 heavy (non-hydrogen) atoms. The summed E-state index contributed by atoms with van der Waals surface area (Å²) >= 11 is 0. The van der Waals surface area contributed by atoms with Gasteiger partial charge in [0.2, 0.25) is 5.91 Å². The van der Waals surface area contributed by atoms with Crippen LogP contribution >= 0.6 is 0 Å². The van der Waals surface area contributed by atoms with Crippen molar-refractivity contribution in [3.05, 3.63) is 23.8 Å². The number of carbonyl (C=O) groups is 1. The Kier molecular flexibility index (Phi) is 3.93. The molecule has 0 aromatic heterocycles. The van der Waals surface area contributed by atoms with Crippen molar-refractivity contribution in [1.82, 2.24) is 0 Å². The molecule has 0 aliphatic heterocycles. The molecule has 0 saturated carbocycles. The van der Waals surface area contributed by atoms with Gasteiger partial charge in [0.05, 0.1) is 13.5 Å². The van der Waals surface area contributed by atoms with Gasteiger partial charge in [0.1, 0.15) is 6.73 Å². The van der Waals surface area contributed by atoms with Crippen LogP contribution in [0.2, 0.25) is 0 Å². The minimum atomic E-state index is -0.385. The van der Waals surface area contributed by atoms with Crippen LogP contribution in [0.15, 0.2) is 18.2 Å². The summed E-state index contributed by atoms with van der Waals surface area (Å²) in [5, 5.41) is 0. The summed E-state index contributed by atoms with van der Waals surface area (Å²) in [5.74, 6) is 0.706. The number of ether oxygens (including phenoxy) is 2. The number of hydrogen-bond donors (Lipinski definition) is 2. The van der Waals surface area contributed by atoms with Gasteiger partial charge in [-0.3, -0.25) is 10.5 Å². The second kappa shape index (κ2) is 5.21. The fourth-order valence-electron chi connectivity index (χ4n) is 1.23. The van der Waals surface area contributed by atoms with Crippen molar-refractivity contribution >= 4 is 5.91 Å². The van der Waals surface area contributed by atoms with Gasteiger partial charge < -0.3 is 15.2 Å². The van der Waals surface area contributed by atoms with Crippen LogP contribution in [-0.4, -0.2) is 19.7 Å². The number of carbonyl (C=O) groups excluding carboxylic acids is 1. The van der Waals surface area contributed by atoms with Crippen LogP contribution in [0.3, 0.4) is 0 Å². The first kappa shape index (κ1) is 11.3. The van der Waals surface area contributed by atoms with Gasteiger partial charge >= 0.3 is 0 Å². The van der Waals surface area contributed by atoms with E-state index in [9.17, 15) is 4.79 Å². The van der Waals surface area contributed by atoms with Crippen molar-refractivity contribution in [3.63, 3.8) is 0 Å². The van der Waals surface area contributed by atoms with Crippen LogP contribution in [-0.2, 0) is 11.2 Å². The maximum Gasteiger partial charge on any atom is 0.221 e. The maximum atomic E-state index is 10.7. The Labute approximate surface area is 88.0 Å². The zero-order chi connectivity index (χ0) is 11.3. The third-order valence-electron chi connectivity index (χ3n) is 1.85. The fraction of sp³-hybridized carbons (Fsp3) is 0.300. The van der Waals surface area contributed by atoms with Crippen molar-refractivity contribution in [2.45, 2.75) is 6.42 Å². The molecule has 0 unspecified atom stereocenters. The van der Waals surface area contributed by atoms with Crippen LogP contribution in [0.5, 0.6) is 11.5 Å². The van der Waals surface area contributed by atoms with E-state index < -0.39 is 0 Å². The van der Waals surface area contributed by atoms with E-state index in [-0.39, 0.29) is 19.1 Å². The topological polar surface area (TPSA) is 87.6 Å². The van der Waals surface area contributed by atoms with Gasteiger partial charge in [-0.1, -0.05) is 6.07 Å². The quantitative estimate of drug-likeness (QED) is 0.670. The Morgan fingerprint density at radius 1 is 1.40 bits per heavy atom. The fourth-order valence-corrected chi connectivity index (χ4v) is 1.23. The predicted octanol–water partition coefficient (Wildman–Crippen LogP) is 0.0180. The standard InChI is InChI=1S/C10H14N2O3/c1-14-9-4-7(5-10(12)13)2-3-8(9)15-6-11/h2-4H,5-6,11H2,1H3,(H2,12,13). The number of methoxy groups -OCH3 is 1. The van der Waals surface area contributed by atoms with E-state index in [4.69, 9.17) is 20.9 Å². The van der Waals surface area contributed by atoms with Gasteiger partial charge in [-0.25, -0.2) is 0 Å². The molecule has 1 amide bonds. The van der Waals surface area contributed by atoms with E-state index in [1.54, 1.807) is 18.2 Å².